The van der Waals surface area contributed by atoms with Gasteiger partial charge in [-0.2, -0.15) is 0 Å². The number of hydrogen-bond donors (Lipinski definition) is 1. The molecule has 0 saturated carbocycles. The van der Waals surface area contributed by atoms with E-state index in [1.807, 2.05) is 19.1 Å². The number of aryl methyl sites for hydroxylation is 1. The van der Waals surface area contributed by atoms with Gasteiger partial charge in [-0.05, 0) is 19.1 Å². The Morgan fingerprint density at radius 3 is 2.89 bits per heavy atom. The molecule has 0 bridgehead atoms. The third kappa shape index (κ3) is 4.49. The number of para-hydroxylation sites is 1. The number of nitrogens with zero attached hydrogens (tertiary/aromatic N) is 2. The Hall–Kier alpha value is -1.11. The summed E-state index contributed by atoms with van der Waals surface area (Å²) in [5.74, 6) is 0.618. The summed E-state index contributed by atoms with van der Waals surface area (Å²) >= 11 is 9.03. The van der Waals surface area contributed by atoms with Crippen molar-refractivity contribution in [2.75, 3.05) is 11.1 Å². The quantitative estimate of drug-likeness (QED) is 0.857. The first-order chi connectivity index (χ1) is 9.15. The number of benzene rings is 1. The van der Waals surface area contributed by atoms with Gasteiger partial charge in [-0.25, -0.2) is 0 Å². The standard InChI is InChI=1S/C12H12ClN3OS2/c1-8-15-16-12(19-8)18-7-6-11(17)14-10-5-3-2-4-9(10)13/h2-5H,6-7H2,1H3,(H,14,17). The second-order valence-corrected chi connectivity index (χ2v) is 6.64. The van der Waals surface area contributed by atoms with Crippen LogP contribution in [0.2, 0.25) is 5.02 Å². The lowest BCUT2D eigenvalue weighted by molar-refractivity contribution is -0.115. The van der Waals surface area contributed by atoms with Crippen LogP contribution in [0.25, 0.3) is 0 Å². The van der Waals surface area contributed by atoms with E-state index in [1.165, 1.54) is 23.1 Å². The number of hydrogen-bond acceptors (Lipinski definition) is 5. The largest absolute Gasteiger partial charge is 0.325 e. The van der Waals surface area contributed by atoms with Crippen LogP contribution < -0.4 is 5.32 Å². The SMILES string of the molecule is Cc1nnc(SCCC(=O)Nc2ccccc2Cl)s1. The highest BCUT2D eigenvalue weighted by Crippen LogP contribution is 2.23. The number of carbonyl (C=O) groups excluding carboxylic acids is 1. The minimum atomic E-state index is -0.0539. The zero-order valence-corrected chi connectivity index (χ0v) is 12.6. The highest BCUT2D eigenvalue weighted by Gasteiger charge is 2.07. The third-order valence-electron chi connectivity index (χ3n) is 2.21. The van der Waals surface area contributed by atoms with E-state index in [2.05, 4.69) is 15.5 Å². The molecule has 0 unspecified atom stereocenters. The first kappa shape index (κ1) is 14.3. The van der Waals surface area contributed by atoms with Crippen molar-refractivity contribution in [2.45, 2.75) is 17.7 Å². The maximum atomic E-state index is 11.7. The molecule has 0 fully saturated rings. The molecule has 0 aliphatic carbocycles. The molecule has 4 nitrogen and oxygen atoms in total. The predicted molar refractivity (Wildman–Crippen MR) is 80.1 cm³/mol. The second kappa shape index (κ2) is 6.88. The van der Waals surface area contributed by atoms with Gasteiger partial charge in [0.15, 0.2) is 4.34 Å². The van der Waals surface area contributed by atoms with E-state index in [-0.39, 0.29) is 5.91 Å². The van der Waals surface area contributed by atoms with Gasteiger partial charge in [-0.1, -0.05) is 46.8 Å². The molecular weight excluding hydrogens is 302 g/mol. The van der Waals surface area contributed by atoms with E-state index in [0.717, 1.165) is 9.35 Å². The van der Waals surface area contributed by atoms with Crippen molar-refractivity contribution in [1.29, 1.82) is 0 Å². The molecule has 2 rings (SSSR count). The Bertz CT molecular complexity index is 574. The van der Waals surface area contributed by atoms with Crippen LogP contribution in [0.3, 0.4) is 0 Å². The molecule has 0 radical (unpaired) electrons. The zero-order chi connectivity index (χ0) is 13.7. The Kier molecular flexibility index (Phi) is 5.18. The summed E-state index contributed by atoms with van der Waals surface area (Å²) in [7, 11) is 0. The average Bonchev–Trinajstić information content (AvgIpc) is 2.78. The molecule has 1 heterocycles. The number of nitrogens with one attached hydrogen (secondary N) is 1. The molecule has 0 saturated heterocycles. The van der Waals surface area contributed by atoms with Crippen LogP contribution >= 0.6 is 34.7 Å². The Morgan fingerprint density at radius 1 is 1.42 bits per heavy atom. The fourth-order valence-electron chi connectivity index (χ4n) is 1.34. The number of carbonyl (C=O) groups is 1. The van der Waals surface area contributed by atoms with Crippen molar-refractivity contribution < 1.29 is 4.79 Å². The Labute approximate surface area is 124 Å². The van der Waals surface area contributed by atoms with Crippen molar-refractivity contribution in [2.24, 2.45) is 0 Å². The van der Waals surface area contributed by atoms with Gasteiger partial charge < -0.3 is 5.32 Å². The molecule has 1 N–H and O–H groups in total. The lowest BCUT2D eigenvalue weighted by Gasteiger charge is -2.06. The minimum absolute atomic E-state index is 0.0539. The van der Waals surface area contributed by atoms with Gasteiger partial charge in [0, 0.05) is 12.2 Å². The zero-order valence-electron chi connectivity index (χ0n) is 10.2. The molecule has 0 aliphatic rings. The first-order valence-corrected chi connectivity index (χ1v) is 7.80. The number of rotatable bonds is 5. The van der Waals surface area contributed by atoms with E-state index in [9.17, 15) is 4.79 Å². The summed E-state index contributed by atoms with van der Waals surface area (Å²) in [5, 5.41) is 12.2. The van der Waals surface area contributed by atoms with Crippen LogP contribution in [0, 0.1) is 6.92 Å². The van der Waals surface area contributed by atoms with Gasteiger partial charge in [0.05, 0.1) is 10.7 Å². The number of aromatic nitrogens is 2. The van der Waals surface area contributed by atoms with Gasteiger partial charge in [-0.15, -0.1) is 10.2 Å². The number of anilines is 1. The monoisotopic (exact) mass is 313 g/mol. The van der Waals surface area contributed by atoms with Gasteiger partial charge >= 0.3 is 0 Å². The van der Waals surface area contributed by atoms with Crippen molar-refractivity contribution in [3.63, 3.8) is 0 Å². The molecule has 7 heteroatoms. The highest BCUT2D eigenvalue weighted by molar-refractivity contribution is 8.01. The van der Waals surface area contributed by atoms with Crippen LogP contribution in [-0.4, -0.2) is 21.9 Å². The van der Waals surface area contributed by atoms with E-state index in [0.29, 0.717) is 22.9 Å². The summed E-state index contributed by atoms with van der Waals surface area (Å²) in [6.07, 6.45) is 0.411. The topological polar surface area (TPSA) is 54.9 Å². The number of amides is 1. The van der Waals surface area contributed by atoms with Gasteiger partial charge in [0.2, 0.25) is 5.91 Å². The highest BCUT2D eigenvalue weighted by atomic mass is 35.5. The van der Waals surface area contributed by atoms with Crippen LogP contribution in [0.5, 0.6) is 0 Å². The van der Waals surface area contributed by atoms with Crippen molar-refractivity contribution in [3.8, 4) is 0 Å². The lowest BCUT2D eigenvalue weighted by Crippen LogP contribution is -2.12. The predicted octanol–water partition coefficient (Wildman–Crippen LogP) is 3.62. The fourth-order valence-corrected chi connectivity index (χ4v) is 3.35. The van der Waals surface area contributed by atoms with Crippen LogP contribution in [-0.2, 0) is 4.79 Å². The van der Waals surface area contributed by atoms with Gasteiger partial charge in [0.25, 0.3) is 0 Å². The van der Waals surface area contributed by atoms with Gasteiger partial charge in [-0.3, -0.25) is 4.79 Å². The number of thioether (sulfide) groups is 1. The normalized spacial score (nSPS) is 10.4. The summed E-state index contributed by atoms with van der Waals surface area (Å²) in [5.41, 5.74) is 0.644. The summed E-state index contributed by atoms with van der Waals surface area (Å²) < 4.78 is 0.892. The summed E-state index contributed by atoms with van der Waals surface area (Å²) in [4.78, 5) is 11.7. The third-order valence-corrected chi connectivity index (χ3v) is 4.51. The van der Waals surface area contributed by atoms with Crippen molar-refractivity contribution in [1.82, 2.24) is 10.2 Å². The first-order valence-electron chi connectivity index (χ1n) is 5.62. The molecule has 0 aliphatic heterocycles. The van der Waals surface area contributed by atoms with E-state index >= 15 is 0 Å². The van der Waals surface area contributed by atoms with Crippen LogP contribution in [0.15, 0.2) is 28.6 Å². The van der Waals surface area contributed by atoms with E-state index in [1.54, 1.807) is 12.1 Å². The Balaban J connectivity index is 1.77. The summed E-state index contributed by atoms with van der Waals surface area (Å²) in [6.45, 7) is 1.91. The summed E-state index contributed by atoms with van der Waals surface area (Å²) in [6, 6.07) is 7.18. The molecule has 1 aromatic heterocycles. The van der Waals surface area contributed by atoms with Crippen LogP contribution in [0.1, 0.15) is 11.4 Å². The average molecular weight is 314 g/mol. The number of halogens is 1. The molecule has 100 valence electrons. The van der Waals surface area contributed by atoms with Gasteiger partial charge in [0.1, 0.15) is 5.01 Å². The van der Waals surface area contributed by atoms with Crippen molar-refractivity contribution in [3.05, 3.63) is 34.3 Å². The molecule has 1 aromatic carbocycles. The maximum absolute atomic E-state index is 11.7. The minimum Gasteiger partial charge on any atom is -0.325 e. The lowest BCUT2D eigenvalue weighted by atomic mass is 10.3. The van der Waals surface area contributed by atoms with E-state index < -0.39 is 0 Å². The molecule has 1 amide bonds. The second-order valence-electron chi connectivity index (χ2n) is 3.71. The molecular formula is C12H12ClN3OS2. The maximum Gasteiger partial charge on any atom is 0.225 e. The Morgan fingerprint density at radius 2 is 2.21 bits per heavy atom. The molecule has 19 heavy (non-hydrogen) atoms. The smallest absolute Gasteiger partial charge is 0.225 e. The molecule has 0 atom stereocenters. The van der Waals surface area contributed by atoms with Crippen LogP contribution in [0.4, 0.5) is 5.69 Å². The molecule has 0 spiro atoms. The van der Waals surface area contributed by atoms with E-state index in [4.69, 9.17) is 11.6 Å². The molecule has 2 aromatic rings. The van der Waals surface area contributed by atoms with Crippen molar-refractivity contribution >= 4 is 46.3 Å². The fraction of sp³-hybridized carbons (Fsp3) is 0.250.